The van der Waals surface area contributed by atoms with Gasteiger partial charge in [0, 0.05) is 29.5 Å². The van der Waals surface area contributed by atoms with Gasteiger partial charge >= 0.3 is 17.6 Å². The average molecular weight is 703 g/mol. The molecule has 0 fully saturated rings. The third-order valence-electron chi connectivity index (χ3n) is 8.55. The van der Waals surface area contributed by atoms with E-state index in [1.807, 2.05) is 6.92 Å². The van der Waals surface area contributed by atoms with E-state index in [0.29, 0.717) is 47.1 Å². The number of hydrogen-bond donors (Lipinski definition) is 1. The standard InChI is InChI=1S/C41H54N2O8/c1-4-6-7-15-18-31(3)50-39-30-37(42)36(29-38(39)43(46)47)32-19-21-33(22-20-32)41(45)51-35-25-23-34(24-26-35)48-27-16-13-11-9-8-10-12-14-17-28-49-40(44)5-2/h5,19-26,29-31H,2,4,6-18,27-28,42H2,1,3H3/t31-/m1/s1. The highest BCUT2D eigenvalue weighted by Gasteiger charge is 2.21. The molecule has 1 atom stereocenters. The molecule has 51 heavy (non-hydrogen) atoms. The second-order valence-corrected chi connectivity index (χ2v) is 12.8. The maximum Gasteiger partial charge on any atom is 0.343 e. The SMILES string of the molecule is C=CC(=O)OCCCCCCCCCCCOc1ccc(OC(=O)c2ccc(-c3cc([N+](=O)[O-])c(O[C@H](C)CCCCCC)cc3N)cc2)cc1. The Kier molecular flexibility index (Phi) is 18.1. The van der Waals surface area contributed by atoms with Crippen LogP contribution in [-0.4, -0.2) is 36.2 Å². The van der Waals surface area contributed by atoms with Gasteiger partial charge in [-0.1, -0.05) is 89.8 Å². The molecule has 0 saturated heterocycles. The fourth-order valence-electron chi connectivity index (χ4n) is 5.62. The third-order valence-corrected chi connectivity index (χ3v) is 8.55. The molecule has 2 N–H and O–H groups in total. The summed E-state index contributed by atoms with van der Waals surface area (Å²) >= 11 is 0. The third kappa shape index (κ3) is 14.9. The van der Waals surface area contributed by atoms with Gasteiger partial charge in [0.15, 0.2) is 5.75 Å². The second kappa shape index (κ2) is 22.8. The lowest BCUT2D eigenvalue weighted by molar-refractivity contribution is -0.386. The van der Waals surface area contributed by atoms with Crippen LogP contribution in [0.4, 0.5) is 11.4 Å². The largest absolute Gasteiger partial charge is 0.494 e. The Labute approximate surface area is 302 Å². The number of nitrogens with two attached hydrogens (primary N) is 1. The van der Waals surface area contributed by atoms with E-state index in [1.165, 1.54) is 43.9 Å². The maximum absolute atomic E-state index is 12.8. The fourth-order valence-corrected chi connectivity index (χ4v) is 5.62. The first kappa shape index (κ1) is 40.6. The van der Waals surface area contributed by atoms with Gasteiger partial charge < -0.3 is 24.7 Å². The van der Waals surface area contributed by atoms with Crippen molar-refractivity contribution in [3.05, 3.63) is 89.0 Å². The second-order valence-electron chi connectivity index (χ2n) is 12.8. The number of esters is 2. The summed E-state index contributed by atoms with van der Waals surface area (Å²) in [7, 11) is 0. The maximum atomic E-state index is 12.8. The first-order valence-electron chi connectivity index (χ1n) is 18.3. The van der Waals surface area contributed by atoms with Crippen molar-refractivity contribution < 1.29 is 33.5 Å². The molecule has 0 saturated carbocycles. The van der Waals surface area contributed by atoms with Gasteiger partial charge in [0.25, 0.3) is 0 Å². The first-order valence-corrected chi connectivity index (χ1v) is 18.3. The Morgan fingerprint density at radius 1 is 0.824 bits per heavy atom. The molecular weight excluding hydrogens is 648 g/mol. The van der Waals surface area contributed by atoms with E-state index in [1.54, 1.807) is 48.5 Å². The number of nitrogens with zero attached hydrogens (tertiary/aromatic N) is 1. The summed E-state index contributed by atoms with van der Waals surface area (Å²) in [5.74, 6) is 0.371. The molecule has 0 bridgehead atoms. The van der Waals surface area contributed by atoms with Crippen LogP contribution in [0.3, 0.4) is 0 Å². The van der Waals surface area contributed by atoms with Crippen LogP contribution in [-0.2, 0) is 9.53 Å². The quantitative estimate of drug-likeness (QED) is 0.0174. The average Bonchev–Trinajstić information content (AvgIpc) is 3.12. The molecule has 3 aromatic rings. The van der Waals surface area contributed by atoms with E-state index in [2.05, 4.69) is 13.5 Å². The normalized spacial score (nSPS) is 11.4. The van der Waals surface area contributed by atoms with Crippen LogP contribution in [0.15, 0.2) is 73.3 Å². The molecule has 0 spiro atoms. The Morgan fingerprint density at radius 2 is 1.41 bits per heavy atom. The fraction of sp³-hybridized carbons (Fsp3) is 0.463. The lowest BCUT2D eigenvalue weighted by Gasteiger charge is -2.16. The molecule has 0 aliphatic rings. The summed E-state index contributed by atoms with van der Waals surface area (Å²) in [5, 5.41) is 11.9. The van der Waals surface area contributed by atoms with E-state index in [9.17, 15) is 19.7 Å². The molecule has 0 radical (unpaired) electrons. The van der Waals surface area contributed by atoms with Crippen molar-refractivity contribution in [1.82, 2.24) is 0 Å². The van der Waals surface area contributed by atoms with Crippen LogP contribution in [0.2, 0.25) is 0 Å². The Bertz CT molecular complexity index is 1520. The monoisotopic (exact) mass is 702 g/mol. The van der Waals surface area contributed by atoms with Gasteiger partial charge in [-0.05, 0) is 74.6 Å². The summed E-state index contributed by atoms with van der Waals surface area (Å²) in [6.07, 6.45) is 16.2. The topological polar surface area (TPSA) is 140 Å². The highest BCUT2D eigenvalue weighted by Crippen LogP contribution is 2.38. The van der Waals surface area contributed by atoms with Crippen molar-refractivity contribution in [3.63, 3.8) is 0 Å². The van der Waals surface area contributed by atoms with Crippen molar-refractivity contribution in [1.29, 1.82) is 0 Å². The number of nitro groups is 1. The first-order chi connectivity index (χ1) is 24.7. The summed E-state index contributed by atoms with van der Waals surface area (Å²) < 4.78 is 22.3. The van der Waals surface area contributed by atoms with E-state index in [-0.39, 0.29) is 23.5 Å². The van der Waals surface area contributed by atoms with Crippen LogP contribution >= 0.6 is 0 Å². The zero-order chi connectivity index (χ0) is 36.8. The highest BCUT2D eigenvalue weighted by atomic mass is 16.6. The minimum absolute atomic E-state index is 0.151. The van der Waals surface area contributed by atoms with Gasteiger partial charge in [-0.25, -0.2) is 9.59 Å². The van der Waals surface area contributed by atoms with Crippen LogP contribution in [0.5, 0.6) is 17.2 Å². The van der Waals surface area contributed by atoms with Crippen molar-refractivity contribution in [2.45, 2.75) is 110 Å². The number of benzene rings is 3. The number of ether oxygens (including phenoxy) is 4. The van der Waals surface area contributed by atoms with E-state index >= 15 is 0 Å². The molecule has 0 amide bonds. The van der Waals surface area contributed by atoms with Crippen molar-refractivity contribution >= 4 is 23.3 Å². The Morgan fingerprint density at radius 3 is 2.02 bits per heavy atom. The molecule has 0 unspecified atom stereocenters. The number of hydrogen-bond acceptors (Lipinski definition) is 9. The molecule has 10 heteroatoms. The molecule has 0 aromatic heterocycles. The molecule has 0 aliphatic carbocycles. The van der Waals surface area contributed by atoms with Crippen LogP contribution < -0.4 is 19.9 Å². The summed E-state index contributed by atoms with van der Waals surface area (Å²) in [6, 6.07) is 16.5. The number of carbonyl (C=O) groups is 2. The number of nitro benzene ring substituents is 1. The Hall–Kier alpha value is -4.86. The van der Waals surface area contributed by atoms with Gasteiger partial charge in [-0.15, -0.1) is 0 Å². The van der Waals surface area contributed by atoms with Crippen molar-refractivity contribution in [2.75, 3.05) is 18.9 Å². The zero-order valence-corrected chi connectivity index (χ0v) is 30.2. The minimum Gasteiger partial charge on any atom is -0.494 e. The predicted molar refractivity (Wildman–Crippen MR) is 201 cm³/mol. The van der Waals surface area contributed by atoms with E-state index in [0.717, 1.165) is 64.2 Å². The lowest BCUT2D eigenvalue weighted by atomic mass is 10.0. The van der Waals surface area contributed by atoms with Crippen molar-refractivity contribution in [2.24, 2.45) is 0 Å². The number of nitrogen functional groups attached to an aromatic ring is 1. The number of rotatable bonds is 25. The molecule has 0 heterocycles. The van der Waals surface area contributed by atoms with Gasteiger partial charge in [0.1, 0.15) is 11.5 Å². The van der Waals surface area contributed by atoms with Crippen molar-refractivity contribution in [3.8, 4) is 28.4 Å². The van der Waals surface area contributed by atoms with Crippen LogP contribution in [0, 0.1) is 10.1 Å². The van der Waals surface area contributed by atoms with Crippen LogP contribution in [0.1, 0.15) is 114 Å². The minimum atomic E-state index is -0.528. The molecule has 0 aliphatic heterocycles. The molecular formula is C41H54N2O8. The molecule has 3 rings (SSSR count). The summed E-state index contributed by atoms with van der Waals surface area (Å²) in [4.78, 5) is 35.3. The molecule has 276 valence electrons. The number of unbranched alkanes of at least 4 members (excludes halogenated alkanes) is 11. The van der Waals surface area contributed by atoms with Gasteiger partial charge in [-0.2, -0.15) is 0 Å². The zero-order valence-electron chi connectivity index (χ0n) is 30.2. The van der Waals surface area contributed by atoms with Gasteiger partial charge in [0.05, 0.1) is 29.8 Å². The number of carbonyl (C=O) groups excluding carboxylic acids is 2. The number of anilines is 1. The van der Waals surface area contributed by atoms with Crippen LogP contribution in [0.25, 0.3) is 11.1 Å². The summed E-state index contributed by atoms with van der Waals surface area (Å²) in [5.41, 5.74) is 7.95. The lowest BCUT2D eigenvalue weighted by Crippen LogP contribution is -2.13. The molecule has 3 aromatic carbocycles. The highest BCUT2D eigenvalue weighted by molar-refractivity contribution is 5.92. The smallest absolute Gasteiger partial charge is 0.343 e. The van der Waals surface area contributed by atoms with Gasteiger partial charge in [-0.3, -0.25) is 10.1 Å². The molecule has 10 nitrogen and oxygen atoms in total. The van der Waals surface area contributed by atoms with E-state index < -0.39 is 10.9 Å². The van der Waals surface area contributed by atoms with E-state index in [4.69, 9.17) is 24.7 Å². The Balaban J connectivity index is 1.39. The summed E-state index contributed by atoms with van der Waals surface area (Å²) in [6.45, 7) is 8.53. The predicted octanol–water partition coefficient (Wildman–Crippen LogP) is 10.4. The van der Waals surface area contributed by atoms with Gasteiger partial charge in [0.2, 0.25) is 0 Å².